The van der Waals surface area contributed by atoms with Crippen LogP contribution in [-0.4, -0.2) is 32.3 Å². The van der Waals surface area contributed by atoms with Crippen LogP contribution in [0.1, 0.15) is 55.5 Å². The molecule has 1 aromatic heterocycles. The maximum absolute atomic E-state index is 12.6. The maximum Gasteiger partial charge on any atom is 0.255 e. The summed E-state index contributed by atoms with van der Waals surface area (Å²) >= 11 is 1.02. The van der Waals surface area contributed by atoms with Crippen LogP contribution < -0.4 is 5.14 Å². The summed E-state index contributed by atoms with van der Waals surface area (Å²) in [6.07, 6.45) is 3.92. The molecule has 1 amide bonds. The Balaban J connectivity index is 3.00. The Morgan fingerprint density at radius 1 is 1.24 bits per heavy atom. The van der Waals surface area contributed by atoms with Gasteiger partial charge in [0, 0.05) is 18.5 Å². The van der Waals surface area contributed by atoms with Crippen molar-refractivity contribution in [2.45, 2.75) is 50.7 Å². The molecular weight excluding hydrogens is 308 g/mol. The van der Waals surface area contributed by atoms with Gasteiger partial charge in [-0.1, -0.05) is 26.7 Å². The summed E-state index contributed by atoms with van der Waals surface area (Å²) in [6.45, 7) is 7.21. The van der Waals surface area contributed by atoms with E-state index in [1.54, 1.807) is 12.3 Å². The van der Waals surface area contributed by atoms with Crippen molar-refractivity contribution in [2.75, 3.05) is 13.1 Å². The van der Waals surface area contributed by atoms with Crippen molar-refractivity contribution < 1.29 is 13.2 Å². The quantitative estimate of drug-likeness (QED) is 0.795. The second-order valence-corrected chi connectivity index (χ2v) is 7.74. The number of primary sulfonamides is 1. The van der Waals surface area contributed by atoms with Crippen LogP contribution in [0.25, 0.3) is 0 Å². The van der Waals surface area contributed by atoms with Crippen LogP contribution in [0.5, 0.6) is 0 Å². The predicted molar refractivity (Wildman–Crippen MR) is 86.1 cm³/mol. The Hall–Kier alpha value is -0.920. The van der Waals surface area contributed by atoms with Gasteiger partial charge in [-0.15, -0.1) is 11.3 Å². The first-order valence-corrected chi connectivity index (χ1v) is 9.65. The number of amides is 1. The topological polar surface area (TPSA) is 80.5 Å². The standard InChI is InChI=1S/C14H24N2O3S2/c1-4-6-8-16(9-7-5-2)13(17)12-10-20-14(11(12)3)21(15,18)19/h10H,4-9H2,1-3H3,(H2,15,18,19). The molecule has 0 saturated heterocycles. The summed E-state index contributed by atoms with van der Waals surface area (Å²) in [5.74, 6) is -0.0967. The summed E-state index contributed by atoms with van der Waals surface area (Å²) in [6, 6.07) is 0. The van der Waals surface area contributed by atoms with Gasteiger partial charge in [0.1, 0.15) is 4.21 Å². The average molecular weight is 332 g/mol. The molecule has 5 nitrogen and oxygen atoms in total. The normalized spacial score (nSPS) is 11.6. The molecule has 0 aliphatic carbocycles. The third-order valence-electron chi connectivity index (χ3n) is 3.33. The van der Waals surface area contributed by atoms with Gasteiger partial charge in [0.05, 0.1) is 5.56 Å². The summed E-state index contributed by atoms with van der Waals surface area (Å²) in [4.78, 5) is 14.4. The van der Waals surface area contributed by atoms with E-state index >= 15 is 0 Å². The van der Waals surface area contributed by atoms with Crippen molar-refractivity contribution in [1.82, 2.24) is 4.90 Å². The fourth-order valence-corrected chi connectivity index (χ4v) is 4.08. The molecule has 120 valence electrons. The molecule has 1 rings (SSSR count). The third kappa shape index (κ3) is 4.79. The van der Waals surface area contributed by atoms with Gasteiger partial charge in [0.15, 0.2) is 0 Å². The molecule has 2 N–H and O–H groups in total. The minimum absolute atomic E-state index is 0.0804. The van der Waals surface area contributed by atoms with Gasteiger partial charge in [-0.25, -0.2) is 13.6 Å². The van der Waals surface area contributed by atoms with Crippen LogP contribution in [0.4, 0.5) is 0 Å². The van der Waals surface area contributed by atoms with Crippen LogP contribution in [0.2, 0.25) is 0 Å². The Kier molecular flexibility index (Phi) is 6.83. The predicted octanol–water partition coefficient (Wildman–Crippen LogP) is 2.75. The van der Waals surface area contributed by atoms with Gasteiger partial charge >= 0.3 is 0 Å². The molecule has 0 spiro atoms. The number of sulfonamides is 1. The van der Waals surface area contributed by atoms with E-state index in [-0.39, 0.29) is 10.1 Å². The molecule has 21 heavy (non-hydrogen) atoms. The highest BCUT2D eigenvalue weighted by Gasteiger charge is 2.23. The number of hydrogen-bond acceptors (Lipinski definition) is 4. The van der Waals surface area contributed by atoms with Gasteiger partial charge in [-0.3, -0.25) is 4.79 Å². The average Bonchev–Trinajstić information content (AvgIpc) is 2.80. The largest absolute Gasteiger partial charge is 0.339 e. The summed E-state index contributed by atoms with van der Waals surface area (Å²) in [7, 11) is -3.76. The lowest BCUT2D eigenvalue weighted by Gasteiger charge is -2.22. The van der Waals surface area contributed by atoms with Crippen LogP contribution in [0, 0.1) is 6.92 Å². The first kappa shape index (κ1) is 18.1. The fraction of sp³-hybridized carbons (Fsp3) is 0.643. The lowest BCUT2D eigenvalue weighted by atomic mass is 10.1. The summed E-state index contributed by atoms with van der Waals surface area (Å²) in [5, 5.41) is 6.76. The van der Waals surface area contributed by atoms with Crippen molar-refractivity contribution in [1.29, 1.82) is 0 Å². The van der Waals surface area contributed by atoms with E-state index < -0.39 is 10.0 Å². The molecule has 1 aromatic rings. The van der Waals surface area contributed by atoms with Crippen LogP contribution >= 0.6 is 11.3 Å². The molecule has 0 fully saturated rings. The lowest BCUT2D eigenvalue weighted by molar-refractivity contribution is 0.0750. The van der Waals surface area contributed by atoms with Gasteiger partial charge < -0.3 is 4.90 Å². The van der Waals surface area contributed by atoms with E-state index in [0.29, 0.717) is 24.2 Å². The zero-order chi connectivity index (χ0) is 16.0. The van der Waals surface area contributed by atoms with E-state index in [9.17, 15) is 13.2 Å². The molecule has 1 heterocycles. The molecule has 0 bridgehead atoms. The number of carbonyl (C=O) groups excluding carboxylic acids is 1. The Morgan fingerprint density at radius 2 is 1.76 bits per heavy atom. The number of nitrogens with zero attached hydrogens (tertiary/aromatic N) is 1. The number of rotatable bonds is 8. The molecule has 0 aromatic carbocycles. The van der Waals surface area contributed by atoms with E-state index in [0.717, 1.165) is 37.0 Å². The van der Waals surface area contributed by atoms with E-state index in [2.05, 4.69) is 13.8 Å². The van der Waals surface area contributed by atoms with Gasteiger partial charge in [0.25, 0.3) is 5.91 Å². The second-order valence-electron chi connectivity index (χ2n) is 5.11. The number of unbranched alkanes of at least 4 members (excludes halogenated alkanes) is 2. The number of hydrogen-bond donors (Lipinski definition) is 1. The lowest BCUT2D eigenvalue weighted by Crippen LogP contribution is -2.33. The Morgan fingerprint density at radius 3 is 2.14 bits per heavy atom. The van der Waals surface area contributed by atoms with Crippen LogP contribution in [0.3, 0.4) is 0 Å². The number of thiophene rings is 1. The van der Waals surface area contributed by atoms with Crippen molar-refractivity contribution in [2.24, 2.45) is 5.14 Å². The summed E-state index contributed by atoms with van der Waals surface area (Å²) < 4.78 is 23.0. The monoisotopic (exact) mass is 332 g/mol. The first-order valence-electron chi connectivity index (χ1n) is 7.23. The maximum atomic E-state index is 12.6. The highest BCUT2D eigenvalue weighted by atomic mass is 32.2. The highest BCUT2D eigenvalue weighted by molar-refractivity contribution is 7.91. The molecule has 7 heteroatoms. The van der Waals surface area contributed by atoms with Gasteiger partial charge in [-0.2, -0.15) is 0 Å². The molecule has 0 aliphatic heterocycles. The van der Waals surface area contributed by atoms with Crippen LogP contribution in [-0.2, 0) is 10.0 Å². The van der Waals surface area contributed by atoms with Crippen molar-refractivity contribution in [3.05, 3.63) is 16.5 Å². The van der Waals surface area contributed by atoms with E-state index in [4.69, 9.17) is 5.14 Å². The molecule has 0 radical (unpaired) electrons. The van der Waals surface area contributed by atoms with E-state index in [1.807, 2.05) is 4.90 Å². The smallest absolute Gasteiger partial charge is 0.255 e. The minimum atomic E-state index is -3.76. The molecule has 0 atom stereocenters. The van der Waals surface area contributed by atoms with E-state index in [1.165, 1.54) is 0 Å². The van der Waals surface area contributed by atoms with Gasteiger partial charge in [-0.05, 0) is 25.3 Å². The number of carbonyl (C=O) groups is 1. The van der Waals surface area contributed by atoms with Crippen LogP contribution in [0.15, 0.2) is 9.59 Å². The molecule has 0 saturated carbocycles. The summed E-state index contributed by atoms with van der Waals surface area (Å²) in [5.41, 5.74) is 0.918. The highest BCUT2D eigenvalue weighted by Crippen LogP contribution is 2.26. The van der Waals surface area contributed by atoms with Crippen molar-refractivity contribution in [3.8, 4) is 0 Å². The second kappa shape index (κ2) is 7.91. The molecule has 0 unspecified atom stereocenters. The zero-order valence-corrected chi connectivity index (χ0v) is 14.5. The first-order chi connectivity index (χ1) is 9.82. The van der Waals surface area contributed by atoms with Crippen molar-refractivity contribution in [3.63, 3.8) is 0 Å². The Labute approximate surface area is 131 Å². The SMILES string of the molecule is CCCCN(CCCC)C(=O)c1csc(S(N)(=O)=O)c1C. The third-order valence-corrected chi connectivity index (χ3v) is 6.02. The number of nitrogens with two attached hydrogens (primary N) is 1. The minimum Gasteiger partial charge on any atom is -0.339 e. The van der Waals surface area contributed by atoms with Crippen molar-refractivity contribution >= 4 is 27.3 Å². The molecule has 0 aliphatic rings. The fourth-order valence-electron chi connectivity index (χ4n) is 2.07. The van der Waals surface area contributed by atoms with Gasteiger partial charge in [0.2, 0.25) is 10.0 Å². The molecular formula is C14H24N2O3S2. The zero-order valence-electron chi connectivity index (χ0n) is 12.9. The Bertz CT molecular complexity index is 571.